The van der Waals surface area contributed by atoms with Gasteiger partial charge in [0.1, 0.15) is 0 Å². The lowest BCUT2D eigenvalue weighted by Gasteiger charge is -2.34. The molecule has 1 aliphatic carbocycles. The van der Waals surface area contributed by atoms with E-state index in [4.69, 9.17) is 9.47 Å². The van der Waals surface area contributed by atoms with Crippen LogP contribution in [0.3, 0.4) is 0 Å². The normalized spacial score (nSPS) is 29.2. The van der Waals surface area contributed by atoms with Gasteiger partial charge in [-0.15, -0.1) is 6.58 Å². The molecule has 2 aliphatic rings. The van der Waals surface area contributed by atoms with Crippen LogP contribution in [0, 0.1) is 0 Å². The van der Waals surface area contributed by atoms with Crippen LogP contribution < -0.4 is 9.47 Å². The molecule has 0 bridgehead atoms. The Bertz CT molecular complexity index is 520. The molecule has 0 aromatic heterocycles. The highest BCUT2D eigenvalue weighted by Crippen LogP contribution is 2.53. The number of hydrogen-bond acceptors (Lipinski definition) is 3. The van der Waals surface area contributed by atoms with Crippen LogP contribution in [0.25, 0.3) is 0 Å². The maximum atomic E-state index is 12.1. The van der Waals surface area contributed by atoms with E-state index in [1.165, 1.54) is 0 Å². The van der Waals surface area contributed by atoms with Gasteiger partial charge in [0.05, 0.1) is 12.5 Å². The van der Waals surface area contributed by atoms with E-state index >= 15 is 0 Å². The molecule has 1 aromatic carbocycles. The fourth-order valence-corrected chi connectivity index (χ4v) is 3.15. The molecule has 1 saturated carbocycles. The highest BCUT2D eigenvalue weighted by Gasteiger charge is 2.52. The fourth-order valence-electron chi connectivity index (χ4n) is 3.15. The first-order valence-electron chi connectivity index (χ1n) is 6.23. The summed E-state index contributed by atoms with van der Waals surface area (Å²) >= 11 is 0. The van der Waals surface area contributed by atoms with Crippen LogP contribution in [-0.4, -0.2) is 19.0 Å². The van der Waals surface area contributed by atoms with Gasteiger partial charge in [-0.25, -0.2) is 0 Å². The summed E-state index contributed by atoms with van der Waals surface area (Å²) in [6.45, 7) is 3.93. The van der Waals surface area contributed by atoms with Crippen LogP contribution >= 0.6 is 0 Å². The van der Waals surface area contributed by atoms with Gasteiger partial charge in [0.25, 0.3) is 0 Å². The number of fused-ring (bicyclic) bond motifs is 3. The SMILES string of the molecule is C=C[C@@]12CCCC(=O)[C@@H]1Oc1c(OC)cccc12. The van der Waals surface area contributed by atoms with Crippen LogP contribution in [0.5, 0.6) is 11.5 Å². The Morgan fingerprint density at radius 2 is 2.39 bits per heavy atom. The van der Waals surface area contributed by atoms with Crippen molar-refractivity contribution in [3.8, 4) is 11.5 Å². The van der Waals surface area contributed by atoms with Gasteiger partial charge in [0.15, 0.2) is 23.4 Å². The Morgan fingerprint density at radius 1 is 1.56 bits per heavy atom. The van der Waals surface area contributed by atoms with Gasteiger partial charge in [-0.1, -0.05) is 18.2 Å². The van der Waals surface area contributed by atoms with Crippen molar-refractivity contribution >= 4 is 5.78 Å². The summed E-state index contributed by atoms with van der Waals surface area (Å²) in [5.74, 6) is 1.57. The summed E-state index contributed by atoms with van der Waals surface area (Å²) in [7, 11) is 1.61. The molecule has 1 aliphatic heterocycles. The molecule has 0 saturated heterocycles. The summed E-state index contributed by atoms with van der Waals surface area (Å²) in [5.41, 5.74) is 0.675. The summed E-state index contributed by atoms with van der Waals surface area (Å²) in [6.07, 6.45) is 3.85. The molecule has 1 heterocycles. The van der Waals surface area contributed by atoms with E-state index in [-0.39, 0.29) is 11.2 Å². The van der Waals surface area contributed by atoms with Crippen LogP contribution in [0.4, 0.5) is 0 Å². The Morgan fingerprint density at radius 3 is 3.11 bits per heavy atom. The summed E-state index contributed by atoms with van der Waals surface area (Å²) < 4.78 is 11.2. The fraction of sp³-hybridized carbons (Fsp3) is 0.400. The lowest BCUT2D eigenvalue weighted by molar-refractivity contribution is -0.129. The smallest absolute Gasteiger partial charge is 0.174 e. The van der Waals surface area contributed by atoms with Crippen LogP contribution in [0.1, 0.15) is 24.8 Å². The molecule has 0 amide bonds. The first kappa shape index (κ1) is 11.3. The first-order chi connectivity index (χ1) is 8.73. The van der Waals surface area contributed by atoms with Gasteiger partial charge in [-0.2, -0.15) is 0 Å². The molecular weight excluding hydrogens is 228 g/mol. The minimum absolute atomic E-state index is 0.166. The number of benzene rings is 1. The first-order valence-corrected chi connectivity index (χ1v) is 6.23. The van der Waals surface area contributed by atoms with E-state index in [1.54, 1.807) is 7.11 Å². The Hall–Kier alpha value is -1.77. The Balaban J connectivity index is 2.20. The molecule has 1 aromatic rings. The zero-order valence-corrected chi connectivity index (χ0v) is 10.4. The zero-order valence-electron chi connectivity index (χ0n) is 10.4. The predicted molar refractivity (Wildman–Crippen MR) is 68.1 cm³/mol. The topological polar surface area (TPSA) is 35.5 Å². The lowest BCUT2D eigenvalue weighted by atomic mass is 9.68. The van der Waals surface area contributed by atoms with E-state index in [9.17, 15) is 4.79 Å². The molecule has 94 valence electrons. The number of methoxy groups -OCH3 is 1. The average molecular weight is 244 g/mol. The Kier molecular flexibility index (Phi) is 2.44. The highest BCUT2D eigenvalue weighted by atomic mass is 16.5. The van der Waals surface area contributed by atoms with Gasteiger partial charge in [0.2, 0.25) is 0 Å². The predicted octanol–water partition coefficient (Wildman–Crippen LogP) is 2.63. The second-order valence-corrected chi connectivity index (χ2v) is 4.90. The molecule has 18 heavy (non-hydrogen) atoms. The molecule has 3 nitrogen and oxygen atoms in total. The van der Waals surface area contributed by atoms with E-state index in [1.807, 2.05) is 24.3 Å². The van der Waals surface area contributed by atoms with Crippen molar-refractivity contribution in [2.75, 3.05) is 7.11 Å². The molecule has 3 rings (SSSR count). The summed E-state index contributed by atoms with van der Waals surface area (Å²) in [4.78, 5) is 12.1. The van der Waals surface area contributed by atoms with Gasteiger partial charge < -0.3 is 9.47 Å². The van der Waals surface area contributed by atoms with Gasteiger partial charge >= 0.3 is 0 Å². The molecule has 1 fully saturated rings. The van der Waals surface area contributed by atoms with Crippen molar-refractivity contribution in [1.29, 1.82) is 0 Å². The minimum Gasteiger partial charge on any atom is -0.493 e. The number of rotatable bonds is 2. The lowest BCUT2D eigenvalue weighted by Crippen LogP contribution is -2.45. The van der Waals surface area contributed by atoms with Crippen molar-refractivity contribution in [3.05, 3.63) is 36.4 Å². The number of carbonyl (C=O) groups excluding carboxylic acids is 1. The van der Waals surface area contributed by atoms with Crippen LogP contribution in [-0.2, 0) is 10.2 Å². The van der Waals surface area contributed by atoms with Crippen molar-refractivity contribution in [2.45, 2.75) is 30.8 Å². The number of Topliss-reactive ketones (excluding diaryl/α,β-unsaturated/α-hetero) is 1. The molecule has 0 spiro atoms. The number of hydrogen-bond donors (Lipinski definition) is 0. The van der Waals surface area contributed by atoms with E-state index in [2.05, 4.69) is 6.58 Å². The zero-order chi connectivity index (χ0) is 12.8. The Labute approximate surface area is 106 Å². The van der Waals surface area contributed by atoms with Gasteiger partial charge in [-0.05, 0) is 18.9 Å². The van der Waals surface area contributed by atoms with E-state index in [0.717, 1.165) is 18.4 Å². The molecule has 3 heteroatoms. The standard InChI is InChI=1S/C15H16O3/c1-3-15-9-5-7-11(16)14(15)18-13-10(15)6-4-8-12(13)17-2/h3-4,6,8,14H,1,5,7,9H2,2H3/t14-,15-/m0/s1. The molecule has 2 atom stereocenters. The minimum atomic E-state index is -0.421. The molecule has 0 radical (unpaired) electrons. The maximum absolute atomic E-state index is 12.1. The molecule has 0 N–H and O–H groups in total. The summed E-state index contributed by atoms with van der Waals surface area (Å²) in [5, 5.41) is 0. The second kappa shape index (κ2) is 3.87. The van der Waals surface area contributed by atoms with Gasteiger partial charge in [0, 0.05) is 12.0 Å². The largest absolute Gasteiger partial charge is 0.493 e. The van der Waals surface area contributed by atoms with Crippen molar-refractivity contribution < 1.29 is 14.3 Å². The summed E-state index contributed by atoms with van der Waals surface area (Å²) in [6, 6.07) is 5.81. The van der Waals surface area contributed by atoms with Crippen LogP contribution in [0.15, 0.2) is 30.9 Å². The highest BCUT2D eigenvalue weighted by molar-refractivity contribution is 5.88. The quantitative estimate of drug-likeness (QED) is 0.750. The monoisotopic (exact) mass is 244 g/mol. The van der Waals surface area contributed by atoms with Crippen molar-refractivity contribution in [1.82, 2.24) is 0 Å². The third-order valence-electron chi connectivity index (χ3n) is 4.07. The van der Waals surface area contributed by atoms with Crippen molar-refractivity contribution in [2.24, 2.45) is 0 Å². The third kappa shape index (κ3) is 1.27. The van der Waals surface area contributed by atoms with Crippen molar-refractivity contribution in [3.63, 3.8) is 0 Å². The molecular formula is C15H16O3. The third-order valence-corrected chi connectivity index (χ3v) is 4.07. The molecule has 0 unspecified atom stereocenters. The van der Waals surface area contributed by atoms with E-state index < -0.39 is 6.10 Å². The maximum Gasteiger partial charge on any atom is 0.174 e. The average Bonchev–Trinajstić information content (AvgIpc) is 2.75. The number of ketones is 1. The van der Waals surface area contributed by atoms with Gasteiger partial charge in [-0.3, -0.25) is 4.79 Å². The van der Waals surface area contributed by atoms with Crippen LogP contribution in [0.2, 0.25) is 0 Å². The number of carbonyl (C=O) groups is 1. The second-order valence-electron chi connectivity index (χ2n) is 4.90. The number of para-hydroxylation sites is 1. The van der Waals surface area contributed by atoms with E-state index in [0.29, 0.717) is 17.9 Å². The number of ether oxygens (including phenoxy) is 2.